The number of alkyl halides is 6. The molecule has 0 radical (unpaired) electrons. The average molecular weight is 423 g/mol. The van der Waals surface area contributed by atoms with Gasteiger partial charge in [-0.05, 0) is 25.1 Å². The summed E-state index contributed by atoms with van der Waals surface area (Å²) in [7, 11) is 0. The summed E-state index contributed by atoms with van der Waals surface area (Å²) in [6, 6.07) is 4.47. The molecule has 1 aromatic heterocycles. The number of hydrogen-bond donors (Lipinski definition) is 1. The summed E-state index contributed by atoms with van der Waals surface area (Å²) >= 11 is 0. The van der Waals surface area contributed by atoms with Gasteiger partial charge < -0.3 is 14.8 Å². The Morgan fingerprint density at radius 3 is 2.28 bits per heavy atom. The van der Waals surface area contributed by atoms with E-state index in [1.807, 2.05) is 0 Å². The van der Waals surface area contributed by atoms with Crippen LogP contribution in [-0.2, 0) is 0 Å². The van der Waals surface area contributed by atoms with E-state index in [4.69, 9.17) is 0 Å². The monoisotopic (exact) mass is 423 g/mol. The number of nitrogens with zero attached hydrogens (tertiary/aromatic N) is 2. The van der Waals surface area contributed by atoms with Crippen molar-refractivity contribution in [3.63, 3.8) is 0 Å². The highest BCUT2D eigenvalue weighted by atomic mass is 19.4. The fourth-order valence-electron chi connectivity index (χ4n) is 2.03. The smallest absolute Gasteiger partial charge is 0.422 e. The Kier molecular flexibility index (Phi) is 6.88. The molecule has 158 valence electrons. The summed E-state index contributed by atoms with van der Waals surface area (Å²) in [4.78, 5) is 19.8. The summed E-state index contributed by atoms with van der Waals surface area (Å²) < 4.78 is 82.0. The molecule has 2 aromatic rings. The van der Waals surface area contributed by atoms with Gasteiger partial charge in [-0.3, -0.25) is 9.78 Å². The van der Waals surface area contributed by atoms with Crippen LogP contribution in [0.1, 0.15) is 29.0 Å². The van der Waals surface area contributed by atoms with Crippen LogP contribution in [0.3, 0.4) is 0 Å². The molecule has 2 rings (SSSR count). The molecule has 0 aliphatic carbocycles. The van der Waals surface area contributed by atoms with Gasteiger partial charge in [-0.2, -0.15) is 26.3 Å². The number of hydrogen-bond acceptors (Lipinski definition) is 5. The number of rotatable bonds is 7. The second-order valence-corrected chi connectivity index (χ2v) is 5.81. The van der Waals surface area contributed by atoms with Crippen molar-refractivity contribution in [2.24, 2.45) is 0 Å². The standard InChI is InChI=1S/C17H15F6N3O3/c1-10(13-6-25-14(7-24-13)29-9-17(21,22)23)26-15(27)11-3-2-4-12(5-11)28-8-16(18,19)20/h2-7,10H,8-9H2,1H3,(H,26,27)/t10-/m1/s1. The van der Waals surface area contributed by atoms with Crippen LogP contribution in [0.4, 0.5) is 26.3 Å². The molecular formula is C17H15F6N3O3. The van der Waals surface area contributed by atoms with Gasteiger partial charge in [0.05, 0.1) is 24.1 Å². The highest BCUT2D eigenvalue weighted by Gasteiger charge is 2.29. The molecule has 0 saturated heterocycles. The molecule has 0 bridgehead atoms. The number of carbonyl (C=O) groups excluding carboxylic acids is 1. The van der Waals surface area contributed by atoms with Crippen LogP contribution in [0.25, 0.3) is 0 Å². The van der Waals surface area contributed by atoms with Gasteiger partial charge in [0, 0.05) is 5.56 Å². The first kappa shape index (κ1) is 22.2. The third-order valence-electron chi connectivity index (χ3n) is 3.32. The van der Waals surface area contributed by atoms with Gasteiger partial charge in [0.15, 0.2) is 13.2 Å². The van der Waals surface area contributed by atoms with Gasteiger partial charge in [-0.25, -0.2) is 4.98 Å². The lowest BCUT2D eigenvalue weighted by atomic mass is 10.1. The average Bonchev–Trinajstić information content (AvgIpc) is 2.64. The van der Waals surface area contributed by atoms with Gasteiger partial charge in [-0.15, -0.1) is 0 Å². The maximum atomic E-state index is 12.3. The van der Waals surface area contributed by atoms with Crippen molar-refractivity contribution in [2.75, 3.05) is 13.2 Å². The quantitative estimate of drug-likeness (QED) is 0.685. The topological polar surface area (TPSA) is 73.3 Å². The molecule has 1 N–H and O–H groups in total. The fraction of sp³-hybridized carbons (Fsp3) is 0.353. The zero-order valence-electron chi connectivity index (χ0n) is 14.8. The first-order chi connectivity index (χ1) is 13.4. The number of ether oxygens (including phenoxy) is 2. The maximum absolute atomic E-state index is 12.3. The fourth-order valence-corrected chi connectivity index (χ4v) is 2.03. The minimum atomic E-state index is -4.51. The molecule has 1 amide bonds. The Hall–Kier alpha value is -3.05. The molecule has 12 heteroatoms. The van der Waals surface area contributed by atoms with Crippen LogP contribution in [0.15, 0.2) is 36.7 Å². The number of nitrogens with one attached hydrogen (secondary N) is 1. The third kappa shape index (κ3) is 7.84. The zero-order chi connectivity index (χ0) is 21.7. The van der Waals surface area contributed by atoms with E-state index in [1.54, 1.807) is 6.92 Å². The van der Waals surface area contributed by atoms with Gasteiger partial charge in [0.1, 0.15) is 5.75 Å². The van der Waals surface area contributed by atoms with Crippen LogP contribution in [-0.4, -0.2) is 41.4 Å². The summed E-state index contributed by atoms with van der Waals surface area (Å²) in [5, 5.41) is 2.55. The minimum absolute atomic E-state index is 0.0506. The minimum Gasteiger partial charge on any atom is -0.484 e. The molecule has 0 aliphatic rings. The summed E-state index contributed by atoms with van der Waals surface area (Å²) in [6.07, 6.45) is -6.91. The SMILES string of the molecule is C[C@@H](NC(=O)c1cccc(OCC(F)(F)F)c1)c1cnc(OCC(F)(F)F)cn1. The highest BCUT2D eigenvalue weighted by Crippen LogP contribution is 2.20. The Morgan fingerprint density at radius 2 is 1.69 bits per heavy atom. The molecular weight excluding hydrogens is 408 g/mol. The van der Waals surface area contributed by atoms with Gasteiger partial charge >= 0.3 is 12.4 Å². The van der Waals surface area contributed by atoms with Crippen LogP contribution in [0.2, 0.25) is 0 Å². The van der Waals surface area contributed by atoms with E-state index in [2.05, 4.69) is 24.8 Å². The largest absolute Gasteiger partial charge is 0.484 e. The predicted molar refractivity (Wildman–Crippen MR) is 87.5 cm³/mol. The molecule has 1 aromatic carbocycles. The number of benzene rings is 1. The van der Waals surface area contributed by atoms with Crippen molar-refractivity contribution in [1.82, 2.24) is 15.3 Å². The van der Waals surface area contributed by atoms with E-state index in [0.29, 0.717) is 0 Å². The lowest BCUT2D eigenvalue weighted by Crippen LogP contribution is -2.27. The van der Waals surface area contributed by atoms with Crippen molar-refractivity contribution in [3.8, 4) is 11.6 Å². The summed E-state index contributed by atoms with van der Waals surface area (Å²) in [6.45, 7) is -1.46. The van der Waals surface area contributed by atoms with E-state index < -0.39 is 37.5 Å². The number of halogens is 6. The van der Waals surface area contributed by atoms with Crippen molar-refractivity contribution in [3.05, 3.63) is 47.9 Å². The zero-order valence-corrected chi connectivity index (χ0v) is 14.8. The molecule has 0 aliphatic heterocycles. The first-order valence-corrected chi connectivity index (χ1v) is 8.05. The van der Waals surface area contributed by atoms with Gasteiger partial charge in [0.2, 0.25) is 5.88 Å². The normalized spacial score (nSPS) is 12.9. The lowest BCUT2D eigenvalue weighted by molar-refractivity contribution is -0.154. The molecule has 0 unspecified atom stereocenters. The molecule has 6 nitrogen and oxygen atoms in total. The number of amides is 1. The summed E-state index contributed by atoms with van der Waals surface area (Å²) in [5.74, 6) is -1.08. The summed E-state index contributed by atoms with van der Waals surface area (Å²) in [5.41, 5.74) is 0.289. The van der Waals surface area contributed by atoms with Crippen molar-refractivity contribution < 1.29 is 40.6 Å². The van der Waals surface area contributed by atoms with Crippen molar-refractivity contribution >= 4 is 5.91 Å². The third-order valence-corrected chi connectivity index (χ3v) is 3.32. The van der Waals surface area contributed by atoms with Gasteiger partial charge in [-0.1, -0.05) is 6.07 Å². The first-order valence-electron chi connectivity index (χ1n) is 8.05. The van der Waals surface area contributed by atoms with E-state index in [0.717, 1.165) is 18.5 Å². The van der Waals surface area contributed by atoms with E-state index in [-0.39, 0.29) is 22.9 Å². The van der Waals surface area contributed by atoms with Crippen LogP contribution < -0.4 is 14.8 Å². The second-order valence-electron chi connectivity index (χ2n) is 5.81. The maximum Gasteiger partial charge on any atom is 0.422 e. The van der Waals surface area contributed by atoms with Crippen molar-refractivity contribution in [2.45, 2.75) is 25.3 Å². The molecule has 1 heterocycles. The Bertz CT molecular complexity index is 824. The van der Waals surface area contributed by atoms with Gasteiger partial charge in [0.25, 0.3) is 5.91 Å². The molecule has 0 spiro atoms. The highest BCUT2D eigenvalue weighted by molar-refractivity contribution is 5.94. The lowest BCUT2D eigenvalue weighted by Gasteiger charge is -2.15. The Balaban J connectivity index is 1.96. The Labute approximate surface area is 160 Å². The van der Waals surface area contributed by atoms with E-state index in [9.17, 15) is 31.1 Å². The van der Waals surface area contributed by atoms with E-state index in [1.165, 1.54) is 18.2 Å². The molecule has 0 fully saturated rings. The second kappa shape index (κ2) is 8.97. The Morgan fingerprint density at radius 1 is 1.03 bits per heavy atom. The molecule has 1 atom stereocenters. The van der Waals surface area contributed by atoms with Crippen LogP contribution in [0.5, 0.6) is 11.6 Å². The predicted octanol–water partition coefficient (Wildman–Crippen LogP) is 3.85. The van der Waals surface area contributed by atoms with Crippen molar-refractivity contribution in [1.29, 1.82) is 0 Å². The number of carbonyl (C=O) groups is 1. The van der Waals surface area contributed by atoms with Crippen LogP contribution >= 0.6 is 0 Å². The molecule has 29 heavy (non-hydrogen) atoms. The number of aromatic nitrogens is 2. The van der Waals surface area contributed by atoms with Crippen LogP contribution in [0, 0.1) is 0 Å². The molecule has 0 saturated carbocycles. The van der Waals surface area contributed by atoms with E-state index >= 15 is 0 Å².